The zero-order valence-corrected chi connectivity index (χ0v) is 10.2. The zero-order chi connectivity index (χ0) is 11.6. The molecule has 0 aliphatic carbocycles. The largest absolute Gasteiger partial charge is 0.337 e. The van der Waals surface area contributed by atoms with Gasteiger partial charge in [-0.1, -0.05) is 32.4 Å². The quantitative estimate of drug-likeness (QED) is 0.667. The maximum atomic E-state index is 12.0. The molecule has 0 bridgehead atoms. The van der Waals surface area contributed by atoms with E-state index in [9.17, 15) is 4.79 Å². The van der Waals surface area contributed by atoms with Crippen molar-refractivity contribution >= 4 is 5.91 Å². The van der Waals surface area contributed by atoms with Crippen molar-refractivity contribution in [1.29, 1.82) is 0 Å². The molecule has 0 aromatic rings. The van der Waals surface area contributed by atoms with Crippen molar-refractivity contribution in [3.63, 3.8) is 0 Å². The molecule has 1 aliphatic heterocycles. The fraction of sp³-hybridized carbons (Fsp3) is 0.750. The van der Waals surface area contributed by atoms with Gasteiger partial charge in [-0.3, -0.25) is 4.79 Å². The molecular formula is C12H22N2O. The van der Waals surface area contributed by atoms with Crippen LogP contribution in [0.25, 0.3) is 0 Å². The van der Waals surface area contributed by atoms with E-state index in [1.807, 2.05) is 25.7 Å². The van der Waals surface area contributed by atoms with Gasteiger partial charge in [-0.25, -0.2) is 0 Å². The third kappa shape index (κ3) is 3.06. The van der Waals surface area contributed by atoms with Crippen LogP contribution in [-0.4, -0.2) is 29.9 Å². The van der Waals surface area contributed by atoms with Crippen molar-refractivity contribution < 1.29 is 4.79 Å². The van der Waals surface area contributed by atoms with Crippen molar-refractivity contribution in [2.24, 2.45) is 11.1 Å². The molecule has 3 heteroatoms. The summed E-state index contributed by atoms with van der Waals surface area (Å²) < 4.78 is 0. The first-order valence-electron chi connectivity index (χ1n) is 5.52. The van der Waals surface area contributed by atoms with Crippen LogP contribution in [-0.2, 0) is 4.79 Å². The summed E-state index contributed by atoms with van der Waals surface area (Å²) in [5.41, 5.74) is 7.15. The van der Waals surface area contributed by atoms with Crippen LogP contribution in [0.1, 0.15) is 34.1 Å². The number of hydrogen-bond donors (Lipinski definition) is 1. The molecule has 15 heavy (non-hydrogen) atoms. The van der Waals surface area contributed by atoms with Gasteiger partial charge in [0.25, 0.3) is 0 Å². The first-order chi connectivity index (χ1) is 6.82. The van der Waals surface area contributed by atoms with Gasteiger partial charge in [-0.2, -0.15) is 0 Å². The number of amides is 1. The second-order valence-corrected chi connectivity index (χ2v) is 5.43. The maximum absolute atomic E-state index is 12.0. The predicted molar refractivity (Wildman–Crippen MR) is 62.4 cm³/mol. The lowest BCUT2D eigenvalue weighted by atomic mass is 9.86. The van der Waals surface area contributed by atoms with E-state index in [0.717, 1.165) is 13.0 Å². The Bertz CT molecular complexity index is 276. The Morgan fingerprint density at radius 3 is 2.53 bits per heavy atom. The highest BCUT2D eigenvalue weighted by molar-refractivity contribution is 5.82. The highest BCUT2D eigenvalue weighted by Crippen LogP contribution is 2.20. The third-order valence-electron chi connectivity index (χ3n) is 2.95. The fourth-order valence-corrected chi connectivity index (χ4v) is 1.54. The average molecular weight is 210 g/mol. The first kappa shape index (κ1) is 12.2. The first-order valence-corrected chi connectivity index (χ1v) is 5.52. The number of rotatable bonds is 1. The van der Waals surface area contributed by atoms with Gasteiger partial charge < -0.3 is 10.6 Å². The van der Waals surface area contributed by atoms with Gasteiger partial charge in [-0.15, -0.1) is 0 Å². The van der Waals surface area contributed by atoms with Crippen molar-refractivity contribution in [3.8, 4) is 0 Å². The Balaban J connectivity index is 2.63. The predicted octanol–water partition coefficient (Wildman–Crippen LogP) is 1.54. The molecule has 3 nitrogen and oxygen atoms in total. The Morgan fingerprint density at radius 1 is 1.53 bits per heavy atom. The topological polar surface area (TPSA) is 46.3 Å². The molecule has 0 saturated carbocycles. The van der Waals surface area contributed by atoms with Gasteiger partial charge >= 0.3 is 0 Å². The van der Waals surface area contributed by atoms with Crippen LogP contribution in [0.5, 0.6) is 0 Å². The number of nitrogens with two attached hydrogens (primary N) is 1. The van der Waals surface area contributed by atoms with E-state index >= 15 is 0 Å². The summed E-state index contributed by atoms with van der Waals surface area (Å²) in [4.78, 5) is 13.9. The second-order valence-electron chi connectivity index (χ2n) is 5.43. The third-order valence-corrected chi connectivity index (χ3v) is 2.95. The lowest BCUT2D eigenvalue weighted by molar-refractivity contribution is -0.134. The van der Waals surface area contributed by atoms with Crippen LogP contribution < -0.4 is 5.73 Å². The van der Waals surface area contributed by atoms with Crippen LogP contribution in [0.2, 0.25) is 0 Å². The van der Waals surface area contributed by atoms with Crippen LogP contribution in [0.3, 0.4) is 0 Å². The number of nitrogens with zero attached hydrogens (tertiary/aromatic N) is 1. The van der Waals surface area contributed by atoms with Crippen molar-refractivity contribution in [2.45, 2.75) is 40.2 Å². The van der Waals surface area contributed by atoms with Crippen molar-refractivity contribution in [1.82, 2.24) is 4.90 Å². The molecule has 1 amide bonds. The standard InChI is InChI=1S/C12H22N2O/c1-9-5-7-14(8-6-9)11(15)10(13)12(2,3)4/h5,10H,6-8,13H2,1-4H3/t10-/m1/s1. The minimum atomic E-state index is -0.399. The van der Waals surface area contributed by atoms with Crippen LogP contribution in [0.15, 0.2) is 11.6 Å². The summed E-state index contributed by atoms with van der Waals surface area (Å²) in [6.45, 7) is 9.63. The normalized spacial score (nSPS) is 19.8. The summed E-state index contributed by atoms with van der Waals surface area (Å²) in [7, 11) is 0. The molecule has 1 aliphatic rings. The van der Waals surface area contributed by atoms with E-state index in [-0.39, 0.29) is 11.3 Å². The Morgan fingerprint density at radius 2 is 2.13 bits per heavy atom. The van der Waals surface area contributed by atoms with Crippen LogP contribution >= 0.6 is 0 Å². The Kier molecular flexibility index (Phi) is 3.55. The summed E-state index contributed by atoms with van der Waals surface area (Å²) in [6.07, 6.45) is 3.08. The van der Waals surface area contributed by atoms with Crippen LogP contribution in [0.4, 0.5) is 0 Å². The minimum absolute atomic E-state index is 0.0752. The summed E-state index contributed by atoms with van der Waals surface area (Å²) in [5, 5.41) is 0. The average Bonchev–Trinajstić information content (AvgIpc) is 2.15. The van der Waals surface area contributed by atoms with Gasteiger partial charge in [0.15, 0.2) is 0 Å². The van der Waals surface area contributed by atoms with Gasteiger partial charge in [0.2, 0.25) is 5.91 Å². The molecule has 0 saturated heterocycles. The molecule has 2 N–H and O–H groups in total. The number of carbonyl (C=O) groups is 1. The number of carbonyl (C=O) groups excluding carboxylic acids is 1. The summed E-state index contributed by atoms with van der Waals surface area (Å²) in [5.74, 6) is 0.0752. The molecule has 0 radical (unpaired) electrons. The van der Waals surface area contributed by atoms with E-state index in [2.05, 4.69) is 13.0 Å². The zero-order valence-electron chi connectivity index (χ0n) is 10.2. The molecule has 86 valence electrons. The lowest BCUT2D eigenvalue weighted by Gasteiger charge is -2.33. The SMILES string of the molecule is CC1=CCN(C(=O)[C@@H](N)C(C)(C)C)CC1. The summed E-state index contributed by atoms with van der Waals surface area (Å²) >= 11 is 0. The fourth-order valence-electron chi connectivity index (χ4n) is 1.54. The smallest absolute Gasteiger partial charge is 0.240 e. The van der Waals surface area contributed by atoms with E-state index in [1.165, 1.54) is 5.57 Å². The molecule has 0 fully saturated rings. The van der Waals surface area contributed by atoms with E-state index in [4.69, 9.17) is 5.73 Å². The number of hydrogen-bond acceptors (Lipinski definition) is 2. The maximum Gasteiger partial charge on any atom is 0.240 e. The molecule has 0 unspecified atom stereocenters. The van der Waals surface area contributed by atoms with Crippen molar-refractivity contribution in [3.05, 3.63) is 11.6 Å². The second kappa shape index (κ2) is 4.35. The highest BCUT2D eigenvalue weighted by atomic mass is 16.2. The Labute approximate surface area is 92.3 Å². The molecule has 1 atom stereocenters. The molecule has 0 spiro atoms. The van der Waals surface area contributed by atoms with Crippen molar-refractivity contribution in [2.75, 3.05) is 13.1 Å². The highest BCUT2D eigenvalue weighted by Gasteiger charge is 2.31. The van der Waals surface area contributed by atoms with E-state index < -0.39 is 6.04 Å². The lowest BCUT2D eigenvalue weighted by Crippen LogP contribution is -2.51. The molecule has 0 aromatic heterocycles. The van der Waals surface area contributed by atoms with Crippen LogP contribution in [0, 0.1) is 5.41 Å². The van der Waals surface area contributed by atoms with E-state index in [0.29, 0.717) is 6.54 Å². The Hall–Kier alpha value is -0.830. The van der Waals surface area contributed by atoms with Gasteiger partial charge in [0.05, 0.1) is 6.04 Å². The monoisotopic (exact) mass is 210 g/mol. The molecule has 1 rings (SSSR count). The van der Waals surface area contributed by atoms with Gasteiger partial charge in [0, 0.05) is 13.1 Å². The van der Waals surface area contributed by atoms with Gasteiger partial charge in [-0.05, 0) is 18.8 Å². The van der Waals surface area contributed by atoms with Gasteiger partial charge in [0.1, 0.15) is 0 Å². The molecular weight excluding hydrogens is 188 g/mol. The minimum Gasteiger partial charge on any atom is -0.337 e. The van der Waals surface area contributed by atoms with E-state index in [1.54, 1.807) is 0 Å². The summed E-state index contributed by atoms with van der Waals surface area (Å²) in [6, 6.07) is -0.399. The molecule has 0 aromatic carbocycles. The molecule has 1 heterocycles.